The van der Waals surface area contributed by atoms with Crippen LogP contribution in [0.3, 0.4) is 0 Å². The molecule has 0 spiro atoms. The average Bonchev–Trinajstić information content (AvgIpc) is 3.13. The molecule has 2 aliphatic carbocycles. The number of hydrogen-bond acceptors (Lipinski definition) is 6. The Balaban J connectivity index is 1.60. The molecule has 0 aromatic heterocycles. The molecule has 1 amide bonds. The highest BCUT2D eigenvalue weighted by Crippen LogP contribution is 2.63. The van der Waals surface area contributed by atoms with Gasteiger partial charge in [-0.15, -0.1) is 0 Å². The molecule has 162 valence electrons. The molecule has 3 N–H and O–H groups in total. The molecule has 31 heavy (non-hydrogen) atoms. The van der Waals surface area contributed by atoms with Gasteiger partial charge in [0.2, 0.25) is 0 Å². The maximum atomic E-state index is 12.5. The molecule has 0 saturated heterocycles. The maximum absolute atomic E-state index is 12.5. The van der Waals surface area contributed by atoms with Gasteiger partial charge in [0, 0.05) is 16.4 Å². The maximum Gasteiger partial charge on any atom is 0.271 e. The lowest BCUT2D eigenvalue weighted by atomic mass is 9.52. The Hall–Kier alpha value is -2.51. The summed E-state index contributed by atoms with van der Waals surface area (Å²) in [5, 5.41) is 26.7. The van der Waals surface area contributed by atoms with Crippen LogP contribution in [0.1, 0.15) is 54.1 Å². The lowest BCUT2D eigenvalue weighted by Crippen LogP contribution is -2.69. The molecule has 2 aromatic rings. The van der Waals surface area contributed by atoms with Crippen molar-refractivity contribution in [3.63, 3.8) is 0 Å². The van der Waals surface area contributed by atoms with E-state index in [0.29, 0.717) is 42.7 Å². The lowest BCUT2D eigenvalue weighted by Gasteiger charge is -2.56. The summed E-state index contributed by atoms with van der Waals surface area (Å²) >= 11 is 4.81. The zero-order valence-electron chi connectivity index (χ0n) is 17.3. The molecule has 1 heterocycles. The Morgan fingerprint density at radius 1 is 1.29 bits per heavy atom. The van der Waals surface area contributed by atoms with Crippen molar-refractivity contribution < 1.29 is 19.7 Å². The highest BCUT2D eigenvalue weighted by Gasteiger charge is 2.69. The Bertz CT molecular complexity index is 1070. The number of amides is 1. The summed E-state index contributed by atoms with van der Waals surface area (Å²) in [5.74, 6) is 0.197. The molecular weight excluding hydrogens is 412 g/mol. The van der Waals surface area contributed by atoms with Gasteiger partial charge in [0.1, 0.15) is 0 Å². The summed E-state index contributed by atoms with van der Waals surface area (Å²) in [7, 11) is 0. The molecule has 0 bridgehead atoms. The summed E-state index contributed by atoms with van der Waals surface area (Å²) < 4.78 is 6.33. The molecule has 6 nitrogen and oxygen atoms in total. The lowest BCUT2D eigenvalue weighted by molar-refractivity contribution is -0.0847. The van der Waals surface area contributed by atoms with Crippen LogP contribution >= 0.6 is 12.6 Å². The Kier molecular flexibility index (Phi) is 4.79. The fourth-order valence-corrected chi connectivity index (χ4v) is 6.36. The zero-order valence-corrected chi connectivity index (χ0v) is 18.2. The Morgan fingerprint density at radius 3 is 2.81 bits per heavy atom. The first-order valence-electron chi connectivity index (χ1n) is 10.8. The van der Waals surface area contributed by atoms with Crippen LogP contribution in [0, 0.1) is 0 Å². The number of benzene rings is 2. The monoisotopic (exact) mass is 438 g/mol. The van der Waals surface area contributed by atoms with Gasteiger partial charge in [0.25, 0.3) is 5.91 Å². The van der Waals surface area contributed by atoms with Crippen molar-refractivity contribution in [2.45, 2.75) is 61.4 Å². The van der Waals surface area contributed by atoms with Gasteiger partial charge in [-0.05, 0) is 49.4 Å². The van der Waals surface area contributed by atoms with Crippen LogP contribution in [0.5, 0.6) is 11.5 Å². The van der Waals surface area contributed by atoms with Gasteiger partial charge in [0.15, 0.2) is 17.6 Å². The normalized spacial score (nSPS) is 31.8. The van der Waals surface area contributed by atoms with E-state index >= 15 is 0 Å². The van der Waals surface area contributed by atoms with Crippen LogP contribution in [0.25, 0.3) is 0 Å². The standard InChI is InChI=1S/C24H26N2O4S/c1-2-11-23-19-15-8-9-17(27)20(19)30-21(23)16(10-12-24(23,29)18(31)13-15)25-26-22(28)14-6-4-3-5-7-14/h3-9,18,21,27,29,31H,2,10-13H2,1H3,(H,26,28)/b25-16+/t18?,21-,23-,24?/m0/s1. The molecule has 7 heteroatoms. The molecule has 1 saturated carbocycles. The van der Waals surface area contributed by atoms with E-state index in [-0.39, 0.29) is 16.9 Å². The summed E-state index contributed by atoms with van der Waals surface area (Å²) in [6.07, 6.45) is 2.47. The summed E-state index contributed by atoms with van der Waals surface area (Å²) in [5.41, 5.74) is 3.93. The predicted molar refractivity (Wildman–Crippen MR) is 121 cm³/mol. The SMILES string of the molecule is CCC[C@]12c3c4ccc(O)c3O[C@H]1/C(=N/NC(=O)c1ccccc1)CCC2(O)C(S)C4. The minimum absolute atomic E-state index is 0.0660. The third-order valence-corrected chi connectivity index (χ3v) is 7.75. The molecular formula is C24H26N2O4S. The molecule has 2 aromatic carbocycles. The molecule has 0 radical (unpaired) electrons. The number of aliphatic hydroxyl groups is 1. The second kappa shape index (κ2) is 7.28. The number of rotatable bonds is 4. The number of nitrogens with zero attached hydrogens (tertiary/aromatic N) is 1. The topological polar surface area (TPSA) is 91.2 Å². The number of hydrogen-bond donors (Lipinski definition) is 4. The van der Waals surface area contributed by atoms with Gasteiger partial charge in [-0.3, -0.25) is 4.79 Å². The highest BCUT2D eigenvalue weighted by atomic mass is 32.1. The van der Waals surface area contributed by atoms with Crippen LogP contribution < -0.4 is 10.2 Å². The van der Waals surface area contributed by atoms with Crippen molar-refractivity contribution in [1.29, 1.82) is 0 Å². The number of carbonyl (C=O) groups excluding carboxylic acids is 1. The smallest absolute Gasteiger partial charge is 0.271 e. The molecule has 1 fully saturated rings. The van der Waals surface area contributed by atoms with Crippen molar-refractivity contribution in [3.8, 4) is 11.5 Å². The minimum Gasteiger partial charge on any atom is -0.504 e. The van der Waals surface area contributed by atoms with E-state index in [1.165, 1.54) is 0 Å². The van der Waals surface area contributed by atoms with Crippen molar-refractivity contribution in [2.75, 3.05) is 0 Å². The van der Waals surface area contributed by atoms with Gasteiger partial charge in [0.05, 0.1) is 16.7 Å². The fraction of sp³-hybridized carbons (Fsp3) is 0.417. The molecule has 2 unspecified atom stereocenters. The van der Waals surface area contributed by atoms with Crippen LogP contribution in [-0.4, -0.2) is 38.8 Å². The summed E-state index contributed by atoms with van der Waals surface area (Å²) in [6.45, 7) is 2.07. The van der Waals surface area contributed by atoms with Crippen LogP contribution in [-0.2, 0) is 11.8 Å². The third kappa shape index (κ3) is 2.76. The molecule has 5 rings (SSSR count). The van der Waals surface area contributed by atoms with Crippen molar-refractivity contribution >= 4 is 24.2 Å². The number of carbonyl (C=O) groups is 1. The van der Waals surface area contributed by atoms with E-state index in [2.05, 4.69) is 17.5 Å². The highest BCUT2D eigenvalue weighted by molar-refractivity contribution is 7.81. The van der Waals surface area contributed by atoms with Gasteiger partial charge < -0.3 is 14.9 Å². The Labute approximate surface area is 186 Å². The molecule has 3 aliphatic rings. The number of ether oxygens (including phenoxy) is 1. The van der Waals surface area contributed by atoms with Gasteiger partial charge >= 0.3 is 0 Å². The van der Waals surface area contributed by atoms with Gasteiger partial charge in [-0.25, -0.2) is 5.43 Å². The van der Waals surface area contributed by atoms with E-state index in [0.717, 1.165) is 17.5 Å². The van der Waals surface area contributed by atoms with Gasteiger partial charge in [-0.1, -0.05) is 37.6 Å². The van der Waals surface area contributed by atoms with Crippen molar-refractivity contribution in [1.82, 2.24) is 5.43 Å². The van der Waals surface area contributed by atoms with Crippen LogP contribution in [0.15, 0.2) is 47.6 Å². The average molecular weight is 439 g/mol. The summed E-state index contributed by atoms with van der Waals surface area (Å²) in [6, 6.07) is 12.5. The Morgan fingerprint density at radius 2 is 2.06 bits per heavy atom. The van der Waals surface area contributed by atoms with Crippen LogP contribution in [0.4, 0.5) is 0 Å². The summed E-state index contributed by atoms with van der Waals surface area (Å²) in [4.78, 5) is 12.5. The largest absolute Gasteiger partial charge is 0.504 e. The van der Waals surface area contributed by atoms with Crippen molar-refractivity contribution in [3.05, 3.63) is 59.2 Å². The van der Waals surface area contributed by atoms with Crippen LogP contribution in [0.2, 0.25) is 0 Å². The predicted octanol–water partition coefficient (Wildman–Crippen LogP) is 3.36. The second-order valence-corrected chi connectivity index (χ2v) is 9.34. The van der Waals surface area contributed by atoms with E-state index in [1.54, 1.807) is 30.3 Å². The number of aromatic hydroxyl groups is 1. The first-order chi connectivity index (χ1) is 14.9. The molecule has 1 aliphatic heterocycles. The van der Waals surface area contributed by atoms with E-state index < -0.39 is 17.1 Å². The quantitative estimate of drug-likeness (QED) is 0.435. The third-order valence-electron chi connectivity index (χ3n) is 7.14. The first-order valence-corrected chi connectivity index (χ1v) is 11.3. The zero-order chi connectivity index (χ0) is 21.8. The number of hydrazone groups is 1. The van der Waals surface area contributed by atoms with E-state index in [9.17, 15) is 15.0 Å². The number of nitrogens with one attached hydrogen (secondary N) is 1. The first kappa shape index (κ1) is 20.4. The minimum atomic E-state index is -1.09. The van der Waals surface area contributed by atoms with E-state index in [4.69, 9.17) is 17.4 Å². The second-order valence-electron chi connectivity index (χ2n) is 8.72. The fourth-order valence-electron chi connectivity index (χ4n) is 5.81. The van der Waals surface area contributed by atoms with E-state index in [1.807, 2.05) is 12.1 Å². The van der Waals surface area contributed by atoms with Crippen molar-refractivity contribution in [2.24, 2.45) is 5.10 Å². The molecule has 4 atom stereocenters. The number of phenols is 1. The van der Waals surface area contributed by atoms with Gasteiger partial charge in [-0.2, -0.15) is 17.7 Å². The number of thiol groups is 1. The number of phenolic OH excluding ortho intramolecular Hbond substituents is 1.